The van der Waals surface area contributed by atoms with E-state index < -0.39 is 34.4 Å². The minimum Gasteiger partial charge on any atom is -0.298 e. The standard InChI is InChI=1S/C14H8F4O/c1-7-2-4-8(5-3-7)10-13(17)11(15)9(6-19)12(16)14(10)18/h2-6H,1H3. The summed E-state index contributed by atoms with van der Waals surface area (Å²) >= 11 is 0. The number of aryl methyl sites for hydroxylation is 1. The lowest BCUT2D eigenvalue weighted by molar-refractivity contribution is 0.111. The summed E-state index contributed by atoms with van der Waals surface area (Å²) in [5.41, 5.74) is -1.24. The highest BCUT2D eigenvalue weighted by Gasteiger charge is 2.25. The number of carbonyl (C=O) groups excluding carboxylic acids is 1. The molecule has 0 N–H and O–H groups in total. The molecule has 2 rings (SSSR count). The molecular weight excluding hydrogens is 260 g/mol. The number of hydrogen-bond acceptors (Lipinski definition) is 1. The zero-order valence-electron chi connectivity index (χ0n) is 9.81. The van der Waals surface area contributed by atoms with Crippen LogP contribution in [0.3, 0.4) is 0 Å². The van der Waals surface area contributed by atoms with Crippen LogP contribution in [0.2, 0.25) is 0 Å². The SMILES string of the molecule is Cc1ccc(-c2c(F)c(F)c(C=O)c(F)c2F)cc1. The molecule has 0 aliphatic carbocycles. The van der Waals surface area contributed by atoms with Gasteiger partial charge in [-0.3, -0.25) is 4.79 Å². The molecule has 0 aliphatic rings. The van der Waals surface area contributed by atoms with Gasteiger partial charge in [-0.05, 0) is 12.5 Å². The van der Waals surface area contributed by atoms with Gasteiger partial charge in [-0.15, -0.1) is 0 Å². The zero-order valence-corrected chi connectivity index (χ0v) is 9.81. The van der Waals surface area contributed by atoms with Crippen LogP contribution >= 0.6 is 0 Å². The van der Waals surface area contributed by atoms with Gasteiger partial charge in [-0.25, -0.2) is 17.6 Å². The average molecular weight is 268 g/mol. The van der Waals surface area contributed by atoms with Gasteiger partial charge in [0.25, 0.3) is 0 Å². The van der Waals surface area contributed by atoms with E-state index in [0.29, 0.717) is 0 Å². The Kier molecular flexibility index (Phi) is 3.38. The van der Waals surface area contributed by atoms with Crippen molar-refractivity contribution in [2.24, 2.45) is 0 Å². The lowest BCUT2D eigenvalue weighted by atomic mass is 10.0. The Morgan fingerprint density at radius 1 is 0.842 bits per heavy atom. The first-order chi connectivity index (χ1) is 8.97. The molecule has 0 atom stereocenters. The molecule has 98 valence electrons. The Balaban J connectivity index is 2.78. The lowest BCUT2D eigenvalue weighted by Crippen LogP contribution is -2.05. The van der Waals surface area contributed by atoms with Gasteiger partial charge in [0, 0.05) is 0 Å². The largest absolute Gasteiger partial charge is 0.298 e. The summed E-state index contributed by atoms with van der Waals surface area (Å²) < 4.78 is 54.4. The minimum absolute atomic E-state index is 0.00384. The second kappa shape index (κ2) is 4.84. The van der Waals surface area contributed by atoms with Crippen LogP contribution in [0.1, 0.15) is 15.9 Å². The van der Waals surface area contributed by atoms with Crippen molar-refractivity contribution in [1.82, 2.24) is 0 Å². The highest BCUT2D eigenvalue weighted by molar-refractivity contribution is 5.78. The number of benzene rings is 2. The van der Waals surface area contributed by atoms with Crippen LogP contribution in [-0.2, 0) is 0 Å². The summed E-state index contributed by atoms with van der Waals surface area (Å²) in [4.78, 5) is 10.4. The van der Waals surface area contributed by atoms with Gasteiger partial charge in [-0.2, -0.15) is 0 Å². The van der Waals surface area contributed by atoms with E-state index in [1.54, 1.807) is 19.1 Å². The summed E-state index contributed by atoms with van der Waals surface area (Å²) in [6.07, 6.45) is -0.254. The maximum atomic E-state index is 13.7. The highest BCUT2D eigenvalue weighted by Crippen LogP contribution is 2.31. The van der Waals surface area contributed by atoms with Crippen LogP contribution in [0.25, 0.3) is 11.1 Å². The second-order valence-corrected chi connectivity index (χ2v) is 4.03. The molecule has 0 unspecified atom stereocenters. The molecule has 5 heteroatoms. The Bertz CT molecular complexity index is 618. The molecule has 0 heterocycles. The predicted molar refractivity (Wildman–Crippen MR) is 61.8 cm³/mol. The smallest absolute Gasteiger partial charge is 0.173 e. The highest BCUT2D eigenvalue weighted by atomic mass is 19.2. The zero-order chi connectivity index (χ0) is 14.2. The fourth-order valence-electron chi connectivity index (χ4n) is 1.73. The third-order valence-electron chi connectivity index (χ3n) is 2.76. The maximum absolute atomic E-state index is 13.7. The van der Waals surface area contributed by atoms with E-state index in [4.69, 9.17) is 0 Å². The van der Waals surface area contributed by atoms with Crippen molar-refractivity contribution in [2.75, 3.05) is 0 Å². The lowest BCUT2D eigenvalue weighted by Gasteiger charge is -2.09. The van der Waals surface area contributed by atoms with E-state index in [-0.39, 0.29) is 11.8 Å². The van der Waals surface area contributed by atoms with Gasteiger partial charge >= 0.3 is 0 Å². The molecule has 19 heavy (non-hydrogen) atoms. The van der Waals surface area contributed by atoms with Crippen LogP contribution in [0.5, 0.6) is 0 Å². The van der Waals surface area contributed by atoms with Crippen molar-refractivity contribution in [3.8, 4) is 11.1 Å². The molecular formula is C14H8F4O. The van der Waals surface area contributed by atoms with E-state index in [9.17, 15) is 22.4 Å². The number of carbonyl (C=O) groups is 1. The molecule has 1 nitrogen and oxygen atoms in total. The summed E-state index contributed by atoms with van der Waals surface area (Å²) in [7, 11) is 0. The van der Waals surface area contributed by atoms with Crippen molar-refractivity contribution in [3.05, 3.63) is 58.7 Å². The van der Waals surface area contributed by atoms with Crippen molar-refractivity contribution < 1.29 is 22.4 Å². The maximum Gasteiger partial charge on any atom is 0.173 e. The molecule has 0 spiro atoms. The van der Waals surface area contributed by atoms with Gasteiger partial charge in [0.15, 0.2) is 29.6 Å². The molecule has 0 amide bonds. The van der Waals surface area contributed by atoms with Gasteiger partial charge in [-0.1, -0.05) is 29.8 Å². The molecule has 2 aromatic rings. The normalized spacial score (nSPS) is 10.6. The van der Waals surface area contributed by atoms with E-state index in [1.807, 2.05) is 0 Å². The fraction of sp³-hybridized carbons (Fsp3) is 0.0714. The molecule has 0 aromatic heterocycles. The van der Waals surface area contributed by atoms with Gasteiger partial charge in [0.2, 0.25) is 0 Å². The first-order valence-electron chi connectivity index (χ1n) is 5.35. The molecule has 0 radical (unpaired) electrons. The van der Waals surface area contributed by atoms with Crippen molar-refractivity contribution in [3.63, 3.8) is 0 Å². The number of rotatable bonds is 2. The predicted octanol–water partition coefficient (Wildman–Crippen LogP) is 4.03. The number of hydrogen-bond donors (Lipinski definition) is 0. The third-order valence-corrected chi connectivity index (χ3v) is 2.76. The van der Waals surface area contributed by atoms with Gasteiger partial charge in [0.1, 0.15) is 0 Å². The van der Waals surface area contributed by atoms with E-state index in [2.05, 4.69) is 0 Å². The summed E-state index contributed by atoms with van der Waals surface area (Å²) in [5.74, 6) is -6.54. The van der Waals surface area contributed by atoms with Crippen LogP contribution in [0.4, 0.5) is 17.6 Å². The second-order valence-electron chi connectivity index (χ2n) is 4.03. The van der Waals surface area contributed by atoms with Gasteiger partial charge in [0.05, 0.1) is 11.1 Å². The third kappa shape index (κ3) is 2.12. The van der Waals surface area contributed by atoms with Crippen LogP contribution in [0.15, 0.2) is 24.3 Å². The van der Waals surface area contributed by atoms with Crippen molar-refractivity contribution >= 4 is 6.29 Å². The first kappa shape index (κ1) is 13.3. The van der Waals surface area contributed by atoms with Gasteiger partial charge < -0.3 is 0 Å². The van der Waals surface area contributed by atoms with E-state index >= 15 is 0 Å². The Morgan fingerprint density at radius 2 is 1.32 bits per heavy atom. The number of halogens is 4. The molecule has 0 saturated carbocycles. The van der Waals surface area contributed by atoms with E-state index in [0.717, 1.165) is 5.56 Å². The molecule has 0 saturated heterocycles. The average Bonchev–Trinajstić information content (AvgIpc) is 2.40. The van der Waals surface area contributed by atoms with Crippen LogP contribution in [-0.4, -0.2) is 6.29 Å². The molecule has 0 fully saturated rings. The quantitative estimate of drug-likeness (QED) is 0.456. The monoisotopic (exact) mass is 268 g/mol. The fourth-order valence-corrected chi connectivity index (χ4v) is 1.73. The number of aldehydes is 1. The Hall–Kier alpha value is -2.17. The molecule has 0 aliphatic heterocycles. The summed E-state index contributed by atoms with van der Waals surface area (Å²) in [6.45, 7) is 1.76. The summed E-state index contributed by atoms with van der Waals surface area (Å²) in [5, 5.41) is 0. The molecule has 2 aromatic carbocycles. The Morgan fingerprint density at radius 3 is 1.74 bits per heavy atom. The summed E-state index contributed by atoms with van der Waals surface area (Å²) in [6, 6.07) is 5.79. The topological polar surface area (TPSA) is 17.1 Å². The van der Waals surface area contributed by atoms with E-state index in [1.165, 1.54) is 12.1 Å². The minimum atomic E-state index is -1.69. The Labute approximate surface area is 106 Å². The van der Waals surface area contributed by atoms with Crippen LogP contribution in [0, 0.1) is 30.2 Å². The van der Waals surface area contributed by atoms with Crippen molar-refractivity contribution in [1.29, 1.82) is 0 Å². The van der Waals surface area contributed by atoms with Crippen molar-refractivity contribution in [2.45, 2.75) is 6.92 Å². The van der Waals surface area contributed by atoms with Crippen LogP contribution < -0.4 is 0 Å². The molecule has 0 bridgehead atoms. The first-order valence-corrected chi connectivity index (χ1v) is 5.35.